The minimum Gasteiger partial charge on any atom is -0.362 e. The van der Waals surface area contributed by atoms with Crippen LogP contribution in [-0.4, -0.2) is 25.0 Å². The third-order valence-corrected chi connectivity index (χ3v) is 2.15. The van der Waals surface area contributed by atoms with Crippen molar-refractivity contribution in [2.24, 2.45) is 5.73 Å². The number of benzene rings is 1. The first-order valence-corrected chi connectivity index (χ1v) is 5.12. The Hall–Kier alpha value is -2.11. The Kier molecular flexibility index (Phi) is 4.45. The Bertz CT molecular complexity index is 423. The number of hydrogen-bond donors (Lipinski definition) is 2. The highest BCUT2D eigenvalue weighted by atomic mass is 19.1. The number of nitrogens with two attached hydrogens (primary N) is 1. The normalized spacial score (nSPS) is 9.76. The van der Waals surface area contributed by atoms with Crippen LogP contribution in [0.4, 0.5) is 14.9 Å². The van der Waals surface area contributed by atoms with Crippen LogP contribution in [0.1, 0.15) is 6.92 Å². The maximum atomic E-state index is 13.0. The van der Waals surface area contributed by atoms with Crippen molar-refractivity contribution in [1.82, 2.24) is 5.32 Å². The minimum absolute atomic E-state index is 0.0527. The summed E-state index contributed by atoms with van der Waals surface area (Å²) >= 11 is 0. The zero-order valence-corrected chi connectivity index (χ0v) is 9.44. The molecule has 0 heterocycles. The van der Waals surface area contributed by atoms with Crippen molar-refractivity contribution in [3.05, 3.63) is 30.1 Å². The minimum atomic E-state index is -0.898. The number of amides is 3. The van der Waals surface area contributed by atoms with Crippen LogP contribution in [0.5, 0.6) is 0 Å². The molecule has 1 aromatic rings. The van der Waals surface area contributed by atoms with E-state index in [-0.39, 0.29) is 12.4 Å². The van der Waals surface area contributed by atoms with Crippen LogP contribution in [0, 0.1) is 5.82 Å². The molecule has 0 fully saturated rings. The van der Waals surface area contributed by atoms with Gasteiger partial charge < -0.3 is 10.6 Å². The molecule has 1 rings (SSSR count). The average Bonchev–Trinajstić information content (AvgIpc) is 2.24. The van der Waals surface area contributed by atoms with Crippen LogP contribution >= 0.6 is 0 Å². The van der Waals surface area contributed by atoms with E-state index in [1.54, 1.807) is 17.0 Å². The molecule has 0 atom stereocenters. The van der Waals surface area contributed by atoms with Gasteiger partial charge in [0.1, 0.15) is 5.82 Å². The molecule has 3 amide bonds. The highest BCUT2D eigenvalue weighted by molar-refractivity contribution is 5.95. The zero-order chi connectivity index (χ0) is 12.8. The number of hydrogen-bond acceptors (Lipinski definition) is 3. The van der Waals surface area contributed by atoms with Gasteiger partial charge >= 0.3 is 6.03 Å². The number of carbonyl (C=O) groups is 2. The molecule has 0 bridgehead atoms. The molecule has 0 aliphatic rings. The van der Waals surface area contributed by atoms with E-state index in [1.165, 1.54) is 12.1 Å². The largest absolute Gasteiger partial charge is 0.362 e. The Labute approximate surface area is 98.4 Å². The molecule has 0 aliphatic heterocycles. The molecule has 0 saturated carbocycles. The predicted molar refractivity (Wildman–Crippen MR) is 62.0 cm³/mol. The average molecular weight is 239 g/mol. The van der Waals surface area contributed by atoms with E-state index in [0.717, 1.165) is 0 Å². The standard InChI is InChI=1S/C11H14FN3O2/c1-2-15(7-10(16)14-11(13)17)9-5-3-4-8(12)6-9/h3-6H,2,7H2,1H3,(H3,13,14,16,17). The van der Waals surface area contributed by atoms with Crippen molar-refractivity contribution in [3.8, 4) is 0 Å². The van der Waals surface area contributed by atoms with Crippen molar-refractivity contribution in [2.45, 2.75) is 6.92 Å². The van der Waals surface area contributed by atoms with Gasteiger partial charge in [-0.2, -0.15) is 0 Å². The molecule has 17 heavy (non-hydrogen) atoms. The van der Waals surface area contributed by atoms with Gasteiger partial charge in [-0.25, -0.2) is 9.18 Å². The van der Waals surface area contributed by atoms with E-state index in [0.29, 0.717) is 12.2 Å². The van der Waals surface area contributed by atoms with E-state index in [2.05, 4.69) is 0 Å². The molecule has 1 aromatic carbocycles. The zero-order valence-electron chi connectivity index (χ0n) is 9.44. The molecule has 0 aliphatic carbocycles. The van der Waals surface area contributed by atoms with Gasteiger partial charge in [-0.3, -0.25) is 10.1 Å². The number of urea groups is 1. The molecule has 0 saturated heterocycles. The summed E-state index contributed by atoms with van der Waals surface area (Å²) in [4.78, 5) is 23.4. The number of nitrogens with one attached hydrogen (secondary N) is 1. The molecule has 0 unspecified atom stereocenters. The van der Waals surface area contributed by atoms with Gasteiger partial charge in [-0.1, -0.05) is 6.07 Å². The van der Waals surface area contributed by atoms with Crippen LogP contribution in [0.25, 0.3) is 0 Å². The Morgan fingerprint density at radius 1 is 1.47 bits per heavy atom. The topological polar surface area (TPSA) is 75.4 Å². The monoisotopic (exact) mass is 239 g/mol. The van der Waals surface area contributed by atoms with Crippen LogP contribution in [-0.2, 0) is 4.79 Å². The van der Waals surface area contributed by atoms with E-state index in [9.17, 15) is 14.0 Å². The van der Waals surface area contributed by atoms with E-state index >= 15 is 0 Å². The summed E-state index contributed by atoms with van der Waals surface area (Å²) in [6.45, 7) is 2.28. The van der Waals surface area contributed by atoms with Crippen LogP contribution in [0.2, 0.25) is 0 Å². The molecule has 0 spiro atoms. The molecule has 0 aromatic heterocycles. The summed E-state index contributed by atoms with van der Waals surface area (Å²) in [6, 6.07) is 4.98. The third kappa shape index (κ3) is 4.10. The molecule has 5 nitrogen and oxygen atoms in total. The van der Waals surface area contributed by atoms with Gasteiger partial charge in [0.15, 0.2) is 0 Å². The van der Waals surface area contributed by atoms with E-state index in [4.69, 9.17) is 5.73 Å². The van der Waals surface area contributed by atoms with Gasteiger partial charge in [0, 0.05) is 12.2 Å². The van der Waals surface area contributed by atoms with E-state index < -0.39 is 11.9 Å². The number of imide groups is 1. The summed E-state index contributed by atoms with van der Waals surface area (Å²) in [7, 11) is 0. The Morgan fingerprint density at radius 3 is 2.71 bits per heavy atom. The van der Waals surface area contributed by atoms with Crippen molar-refractivity contribution in [3.63, 3.8) is 0 Å². The first kappa shape index (κ1) is 13.0. The van der Waals surface area contributed by atoms with Crippen molar-refractivity contribution in [2.75, 3.05) is 18.0 Å². The molecule has 6 heteroatoms. The number of primary amides is 1. The van der Waals surface area contributed by atoms with Crippen LogP contribution in [0.15, 0.2) is 24.3 Å². The van der Waals surface area contributed by atoms with Gasteiger partial charge in [0.05, 0.1) is 6.54 Å². The number of likely N-dealkylation sites (N-methyl/N-ethyl adjacent to an activating group) is 1. The lowest BCUT2D eigenvalue weighted by Gasteiger charge is -2.21. The SMILES string of the molecule is CCN(CC(=O)NC(N)=O)c1cccc(F)c1. The first-order valence-electron chi connectivity index (χ1n) is 5.12. The fourth-order valence-corrected chi connectivity index (χ4v) is 1.41. The summed E-state index contributed by atoms with van der Waals surface area (Å²) in [5.41, 5.74) is 5.40. The lowest BCUT2D eigenvalue weighted by molar-refractivity contribution is -0.118. The maximum Gasteiger partial charge on any atom is 0.318 e. The third-order valence-electron chi connectivity index (χ3n) is 2.15. The second kappa shape index (κ2) is 5.83. The predicted octanol–water partition coefficient (Wildman–Crippen LogP) is 0.847. The molecule has 92 valence electrons. The number of anilines is 1. The summed E-state index contributed by atoms with van der Waals surface area (Å²) < 4.78 is 13.0. The number of halogens is 1. The van der Waals surface area contributed by atoms with Crippen molar-refractivity contribution < 1.29 is 14.0 Å². The Morgan fingerprint density at radius 2 is 2.18 bits per heavy atom. The summed E-state index contributed by atoms with van der Waals surface area (Å²) in [5, 5.41) is 1.96. The van der Waals surface area contributed by atoms with Crippen molar-refractivity contribution in [1.29, 1.82) is 0 Å². The molecular weight excluding hydrogens is 225 g/mol. The quantitative estimate of drug-likeness (QED) is 0.817. The van der Waals surface area contributed by atoms with Crippen LogP contribution in [0.3, 0.4) is 0 Å². The highest BCUT2D eigenvalue weighted by Gasteiger charge is 2.11. The van der Waals surface area contributed by atoms with Gasteiger partial charge in [-0.05, 0) is 25.1 Å². The number of nitrogens with zero attached hydrogens (tertiary/aromatic N) is 1. The fraction of sp³-hybridized carbons (Fsp3) is 0.273. The second-order valence-electron chi connectivity index (χ2n) is 3.41. The molecule has 0 radical (unpaired) electrons. The first-order chi connectivity index (χ1) is 8.02. The maximum absolute atomic E-state index is 13.0. The fourth-order valence-electron chi connectivity index (χ4n) is 1.41. The van der Waals surface area contributed by atoms with Crippen molar-refractivity contribution >= 4 is 17.6 Å². The molecular formula is C11H14FN3O2. The number of rotatable bonds is 4. The molecule has 3 N–H and O–H groups in total. The van der Waals surface area contributed by atoms with E-state index in [1.807, 2.05) is 12.2 Å². The number of carbonyl (C=O) groups excluding carboxylic acids is 2. The lowest BCUT2D eigenvalue weighted by atomic mass is 10.2. The van der Waals surface area contributed by atoms with Gasteiger partial charge in [0.25, 0.3) is 0 Å². The van der Waals surface area contributed by atoms with Gasteiger partial charge in [0.2, 0.25) is 5.91 Å². The van der Waals surface area contributed by atoms with Gasteiger partial charge in [-0.15, -0.1) is 0 Å². The lowest BCUT2D eigenvalue weighted by Crippen LogP contribution is -2.42. The summed E-state index contributed by atoms with van der Waals surface area (Å²) in [5.74, 6) is -0.903. The Balaban J connectivity index is 2.72. The smallest absolute Gasteiger partial charge is 0.318 e. The van der Waals surface area contributed by atoms with Crippen LogP contribution < -0.4 is 16.0 Å². The summed E-state index contributed by atoms with van der Waals surface area (Å²) in [6.07, 6.45) is 0. The highest BCUT2D eigenvalue weighted by Crippen LogP contribution is 2.14. The second-order valence-corrected chi connectivity index (χ2v) is 3.41.